The summed E-state index contributed by atoms with van der Waals surface area (Å²) in [4.78, 5) is 11.7. The van der Waals surface area contributed by atoms with Crippen LogP contribution in [0, 0.1) is 6.92 Å². The molecule has 0 saturated carbocycles. The third kappa shape index (κ3) is 4.12. The fraction of sp³-hybridized carbons (Fsp3) is 0.667. The molecule has 0 atom stereocenters. The molecular weight excluding hydrogens is 234 g/mol. The van der Waals surface area contributed by atoms with Crippen LogP contribution in [-0.4, -0.2) is 35.8 Å². The molecule has 102 valence electrons. The van der Waals surface area contributed by atoms with E-state index in [4.69, 9.17) is 9.63 Å². The Hall–Kier alpha value is -1.40. The Kier molecular flexibility index (Phi) is 6.38. The van der Waals surface area contributed by atoms with E-state index in [-0.39, 0.29) is 18.2 Å². The van der Waals surface area contributed by atoms with Crippen molar-refractivity contribution >= 4 is 5.91 Å². The van der Waals surface area contributed by atoms with Gasteiger partial charge in [-0.2, -0.15) is 0 Å². The van der Waals surface area contributed by atoms with Crippen molar-refractivity contribution in [2.45, 2.75) is 33.3 Å². The van der Waals surface area contributed by atoms with Crippen molar-refractivity contribution in [2.24, 2.45) is 0 Å². The first-order valence-electron chi connectivity index (χ1n) is 6.25. The predicted octanol–water partition coefficient (Wildman–Crippen LogP) is 0.595. The van der Waals surface area contributed by atoms with E-state index in [1.807, 2.05) is 0 Å². The molecule has 1 heterocycles. The van der Waals surface area contributed by atoms with Crippen molar-refractivity contribution in [3.05, 3.63) is 17.0 Å². The van der Waals surface area contributed by atoms with E-state index in [1.165, 1.54) is 0 Å². The summed E-state index contributed by atoms with van der Waals surface area (Å²) in [6.07, 6.45) is 2.29. The summed E-state index contributed by atoms with van der Waals surface area (Å²) >= 11 is 0. The zero-order valence-corrected chi connectivity index (χ0v) is 11.0. The lowest BCUT2D eigenvalue weighted by atomic mass is 10.2. The molecule has 18 heavy (non-hydrogen) atoms. The standard InChI is InChI=1S/C12H21N3O3/c1-3-4-5-13-6-7-14-12(17)11-9(2)10(8-16)18-15-11/h13,16H,3-8H2,1-2H3,(H,14,17). The molecule has 3 N–H and O–H groups in total. The van der Waals surface area contributed by atoms with Gasteiger partial charge in [0, 0.05) is 18.7 Å². The molecule has 0 bridgehead atoms. The zero-order valence-electron chi connectivity index (χ0n) is 11.0. The van der Waals surface area contributed by atoms with E-state index in [0.717, 1.165) is 25.9 Å². The van der Waals surface area contributed by atoms with Gasteiger partial charge in [0.1, 0.15) is 6.61 Å². The van der Waals surface area contributed by atoms with Gasteiger partial charge >= 0.3 is 0 Å². The first-order valence-corrected chi connectivity index (χ1v) is 6.25. The van der Waals surface area contributed by atoms with Gasteiger partial charge in [-0.05, 0) is 19.9 Å². The van der Waals surface area contributed by atoms with E-state index in [9.17, 15) is 4.79 Å². The molecule has 6 nitrogen and oxygen atoms in total. The van der Waals surface area contributed by atoms with E-state index in [2.05, 4.69) is 22.7 Å². The molecule has 0 radical (unpaired) electrons. The molecule has 0 aliphatic heterocycles. The van der Waals surface area contributed by atoms with Crippen molar-refractivity contribution in [2.75, 3.05) is 19.6 Å². The number of aromatic nitrogens is 1. The molecule has 6 heteroatoms. The number of hydrogen-bond donors (Lipinski definition) is 3. The van der Waals surface area contributed by atoms with E-state index in [1.54, 1.807) is 6.92 Å². The van der Waals surface area contributed by atoms with Gasteiger partial charge in [0.15, 0.2) is 11.5 Å². The van der Waals surface area contributed by atoms with Crippen LogP contribution in [0.3, 0.4) is 0 Å². The monoisotopic (exact) mass is 255 g/mol. The second kappa shape index (κ2) is 7.84. The first-order chi connectivity index (χ1) is 8.70. The van der Waals surface area contributed by atoms with Crippen LogP contribution in [0.2, 0.25) is 0 Å². The van der Waals surface area contributed by atoms with Crippen molar-refractivity contribution in [3.63, 3.8) is 0 Å². The number of amides is 1. The molecule has 0 aliphatic carbocycles. The van der Waals surface area contributed by atoms with Gasteiger partial charge in [-0.3, -0.25) is 4.79 Å². The number of aliphatic hydroxyl groups is 1. The van der Waals surface area contributed by atoms with Gasteiger partial charge in [-0.25, -0.2) is 0 Å². The summed E-state index contributed by atoms with van der Waals surface area (Å²) in [5.41, 5.74) is 0.835. The van der Waals surface area contributed by atoms with Gasteiger partial charge in [0.2, 0.25) is 0 Å². The minimum absolute atomic E-state index is 0.243. The fourth-order valence-corrected chi connectivity index (χ4v) is 1.50. The second-order valence-electron chi connectivity index (χ2n) is 4.10. The summed E-state index contributed by atoms with van der Waals surface area (Å²) in [5, 5.41) is 18.6. The van der Waals surface area contributed by atoms with Crippen LogP contribution in [0.4, 0.5) is 0 Å². The third-order valence-electron chi connectivity index (χ3n) is 2.67. The second-order valence-corrected chi connectivity index (χ2v) is 4.10. The maximum atomic E-state index is 11.7. The number of nitrogens with zero attached hydrogens (tertiary/aromatic N) is 1. The Morgan fingerprint density at radius 2 is 2.17 bits per heavy atom. The van der Waals surface area contributed by atoms with E-state index >= 15 is 0 Å². The number of aliphatic hydroxyl groups excluding tert-OH is 1. The van der Waals surface area contributed by atoms with Gasteiger partial charge < -0.3 is 20.3 Å². The van der Waals surface area contributed by atoms with Crippen LogP contribution in [0.1, 0.15) is 41.6 Å². The van der Waals surface area contributed by atoms with E-state index in [0.29, 0.717) is 17.9 Å². The number of rotatable bonds is 8. The topological polar surface area (TPSA) is 87.4 Å². The number of hydrogen-bond acceptors (Lipinski definition) is 5. The minimum Gasteiger partial charge on any atom is -0.388 e. The smallest absolute Gasteiger partial charge is 0.273 e. The molecule has 1 aromatic rings. The average Bonchev–Trinajstić information content (AvgIpc) is 2.74. The van der Waals surface area contributed by atoms with Crippen LogP contribution in [-0.2, 0) is 6.61 Å². The van der Waals surface area contributed by atoms with Crippen LogP contribution >= 0.6 is 0 Å². The summed E-state index contributed by atoms with van der Waals surface area (Å²) in [7, 11) is 0. The molecule has 0 aliphatic rings. The summed E-state index contributed by atoms with van der Waals surface area (Å²) in [6, 6.07) is 0. The summed E-state index contributed by atoms with van der Waals surface area (Å²) in [5.74, 6) is 0.0643. The number of carbonyl (C=O) groups is 1. The van der Waals surface area contributed by atoms with Gasteiger partial charge in [-0.15, -0.1) is 0 Å². The Morgan fingerprint density at radius 1 is 1.39 bits per heavy atom. The Balaban J connectivity index is 2.30. The van der Waals surface area contributed by atoms with Gasteiger partial charge in [0.05, 0.1) is 0 Å². The molecular formula is C12H21N3O3. The highest BCUT2D eigenvalue weighted by Gasteiger charge is 2.17. The van der Waals surface area contributed by atoms with Crippen LogP contribution < -0.4 is 10.6 Å². The minimum atomic E-state index is -0.270. The quantitative estimate of drug-likeness (QED) is 0.592. The Bertz CT molecular complexity index is 377. The summed E-state index contributed by atoms with van der Waals surface area (Å²) < 4.78 is 4.85. The first kappa shape index (κ1) is 14.7. The molecule has 1 rings (SSSR count). The number of unbranched alkanes of at least 4 members (excludes halogenated alkanes) is 1. The van der Waals surface area contributed by atoms with Crippen LogP contribution in [0.5, 0.6) is 0 Å². The highest BCUT2D eigenvalue weighted by Crippen LogP contribution is 2.12. The van der Waals surface area contributed by atoms with Crippen molar-refractivity contribution < 1.29 is 14.4 Å². The lowest BCUT2D eigenvalue weighted by Gasteiger charge is -2.05. The van der Waals surface area contributed by atoms with Crippen LogP contribution in [0.15, 0.2) is 4.52 Å². The zero-order chi connectivity index (χ0) is 13.4. The lowest BCUT2D eigenvalue weighted by Crippen LogP contribution is -2.32. The fourth-order valence-electron chi connectivity index (χ4n) is 1.50. The molecule has 0 unspecified atom stereocenters. The van der Waals surface area contributed by atoms with Crippen molar-refractivity contribution in [3.8, 4) is 0 Å². The molecule has 0 aromatic carbocycles. The van der Waals surface area contributed by atoms with Crippen molar-refractivity contribution in [1.29, 1.82) is 0 Å². The van der Waals surface area contributed by atoms with Gasteiger partial charge in [-0.1, -0.05) is 18.5 Å². The molecule has 1 amide bonds. The maximum absolute atomic E-state index is 11.7. The highest BCUT2D eigenvalue weighted by molar-refractivity contribution is 5.93. The number of carbonyl (C=O) groups excluding carboxylic acids is 1. The summed E-state index contributed by atoms with van der Waals surface area (Å²) in [6.45, 7) is 5.83. The average molecular weight is 255 g/mol. The molecule has 0 spiro atoms. The predicted molar refractivity (Wildman–Crippen MR) is 67.3 cm³/mol. The van der Waals surface area contributed by atoms with Crippen molar-refractivity contribution in [1.82, 2.24) is 15.8 Å². The van der Waals surface area contributed by atoms with Gasteiger partial charge in [0.25, 0.3) is 5.91 Å². The highest BCUT2D eigenvalue weighted by atomic mass is 16.5. The SMILES string of the molecule is CCCCNCCNC(=O)c1noc(CO)c1C. The third-order valence-corrected chi connectivity index (χ3v) is 2.67. The lowest BCUT2D eigenvalue weighted by molar-refractivity contribution is 0.0944. The Labute approximate surface area is 107 Å². The van der Waals surface area contributed by atoms with Crippen LogP contribution in [0.25, 0.3) is 0 Å². The maximum Gasteiger partial charge on any atom is 0.273 e. The molecule has 1 aromatic heterocycles. The molecule has 0 fully saturated rings. The Morgan fingerprint density at radius 3 is 2.78 bits per heavy atom. The normalized spacial score (nSPS) is 10.6. The number of nitrogens with one attached hydrogen (secondary N) is 2. The largest absolute Gasteiger partial charge is 0.388 e. The molecule has 0 saturated heterocycles. The van der Waals surface area contributed by atoms with E-state index < -0.39 is 0 Å².